The summed E-state index contributed by atoms with van der Waals surface area (Å²) in [7, 11) is 3.77. The maximum Gasteiger partial charge on any atom is 0.182 e. The van der Waals surface area contributed by atoms with Crippen LogP contribution in [0.1, 0.15) is 19.5 Å². The molecule has 0 saturated carbocycles. The zero-order valence-corrected chi connectivity index (χ0v) is 13.8. The van der Waals surface area contributed by atoms with E-state index in [2.05, 4.69) is 56.8 Å². The number of anilines is 1. The van der Waals surface area contributed by atoms with Crippen molar-refractivity contribution in [1.82, 2.24) is 19.7 Å². The molecule has 2 heterocycles. The van der Waals surface area contributed by atoms with Crippen LogP contribution in [-0.2, 0) is 13.5 Å². The average Bonchev–Trinajstić information content (AvgIpc) is 2.78. The van der Waals surface area contributed by atoms with Gasteiger partial charge in [0.05, 0.1) is 9.26 Å². The summed E-state index contributed by atoms with van der Waals surface area (Å²) >= 11 is 2.30. The van der Waals surface area contributed by atoms with E-state index in [1.54, 1.807) is 4.68 Å². The number of hydrogen-bond donors (Lipinski definition) is 1. The smallest absolute Gasteiger partial charge is 0.182 e. The summed E-state index contributed by atoms with van der Waals surface area (Å²) < 4.78 is 2.85. The van der Waals surface area contributed by atoms with Crippen molar-refractivity contribution in [2.24, 2.45) is 13.0 Å². The van der Waals surface area contributed by atoms with Gasteiger partial charge in [0.2, 0.25) is 0 Å². The Labute approximate surface area is 127 Å². The Kier molecular flexibility index (Phi) is 4.38. The molecule has 0 spiro atoms. The first-order valence-corrected chi connectivity index (χ1v) is 7.33. The highest BCUT2D eigenvalue weighted by atomic mass is 127. The monoisotopic (exact) mass is 371 g/mol. The predicted octanol–water partition coefficient (Wildman–Crippen LogP) is 2.72. The van der Waals surface area contributed by atoms with Crippen LogP contribution < -0.4 is 5.32 Å². The van der Waals surface area contributed by atoms with Gasteiger partial charge in [0.15, 0.2) is 5.82 Å². The summed E-state index contributed by atoms with van der Waals surface area (Å²) in [5.74, 6) is 2.11. The van der Waals surface area contributed by atoms with Gasteiger partial charge in [-0.05, 0) is 41.0 Å². The van der Waals surface area contributed by atoms with Gasteiger partial charge < -0.3 is 5.32 Å². The van der Waals surface area contributed by atoms with E-state index >= 15 is 0 Å². The van der Waals surface area contributed by atoms with Gasteiger partial charge in [-0.1, -0.05) is 13.8 Å². The second-order valence-corrected chi connectivity index (χ2v) is 5.96. The molecule has 1 N–H and O–H groups in total. The number of nitrogens with zero attached hydrogens (tertiary/aromatic N) is 4. The van der Waals surface area contributed by atoms with Gasteiger partial charge in [-0.3, -0.25) is 4.68 Å². The second kappa shape index (κ2) is 5.85. The van der Waals surface area contributed by atoms with Crippen LogP contribution in [0.2, 0.25) is 0 Å². The van der Waals surface area contributed by atoms with Crippen molar-refractivity contribution in [2.75, 3.05) is 12.4 Å². The molecular weight excluding hydrogens is 353 g/mol. The molecular formula is C13H18IN5. The summed E-state index contributed by atoms with van der Waals surface area (Å²) in [6.45, 7) is 4.38. The Morgan fingerprint density at radius 2 is 2.11 bits per heavy atom. The molecule has 0 aliphatic rings. The predicted molar refractivity (Wildman–Crippen MR) is 85.0 cm³/mol. The molecule has 0 unspecified atom stereocenters. The molecule has 2 aromatic rings. The summed E-state index contributed by atoms with van der Waals surface area (Å²) in [5.41, 5.74) is 1.89. The second-order valence-electron chi connectivity index (χ2n) is 4.88. The minimum absolute atomic E-state index is 0.560. The minimum atomic E-state index is 0.560. The van der Waals surface area contributed by atoms with Crippen molar-refractivity contribution in [1.29, 1.82) is 0 Å². The SMILES string of the molecule is CNc1nc(-c2ccn(C)n2)nc(CC(C)C)c1I. The summed E-state index contributed by atoms with van der Waals surface area (Å²) in [4.78, 5) is 9.21. The Hall–Kier alpha value is -1.18. The van der Waals surface area contributed by atoms with Crippen LogP contribution in [0.5, 0.6) is 0 Å². The van der Waals surface area contributed by atoms with E-state index in [1.807, 2.05) is 26.4 Å². The fourth-order valence-electron chi connectivity index (χ4n) is 1.83. The molecule has 0 aliphatic carbocycles. The molecule has 2 aromatic heterocycles. The van der Waals surface area contributed by atoms with Crippen molar-refractivity contribution >= 4 is 28.4 Å². The van der Waals surface area contributed by atoms with Gasteiger partial charge in [0.1, 0.15) is 11.5 Å². The summed E-state index contributed by atoms with van der Waals surface area (Å²) in [6, 6.07) is 1.93. The average molecular weight is 371 g/mol. The molecule has 0 aliphatic heterocycles. The van der Waals surface area contributed by atoms with E-state index in [0.717, 1.165) is 27.2 Å². The van der Waals surface area contributed by atoms with E-state index in [0.29, 0.717) is 11.7 Å². The Balaban J connectivity index is 2.50. The van der Waals surface area contributed by atoms with Crippen LogP contribution in [0, 0.1) is 9.49 Å². The Morgan fingerprint density at radius 3 is 2.63 bits per heavy atom. The van der Waals surface area contributed by atoms with Gasteiger partial charge in [0.25, 0.3) is 0 Å². The van der Waals surface area contributed by atoms with E-state index in [9.17, 15) is 0 Å². The van der Waals surface area contributed by atoms with E-state index in [1.165, 1.54) is 0 Å². The molecule has 0 atom stereocenters. The molecule has 5 nitrogen and oxygen atoms in total. The molecule has 0 bridgehead atoms. The molecule has 0 radical (unpaired) electrons. The third-order valence-corrected chi connectivity index (χ3v) is 3.83. The third-order valence-electron chi connectivity index (χ3n) is 2.70. The van der Waals surface area contributed by atoms with Crippen LogP contribution in [0.15, 0.2) is 12.3 Å². The van der Waals surface area contributed by atoms with Crippen molar-refractivity contribution < 1.29 is 0 Å². The third kappa shape index (κ3) is 3.23. The highest BCUT2D eigenvalue weighted by Gasteiger charge is 2.14. The van der Waals surface area contributed by atoms with Crippen LogP contribution in [0.4, 0.5) is 5.82 Å². The lowest BCUT2D eigenvalue weighted by Crippen LogP contribution is -2.08. The first-order chi connectivity index (χ1) is 9.01. The number of aryl methyl sites for hydroxylation is 1. The highest BCUT2D eigenvalue weighted by molar-refractivity contribution is 14.1. The molecule has 2 rings (SSSR count). The first kappa shape index (κ1) is 14.2. The maximum absolute atomic E-state index is 4.67. The lowest BCUT2D eigenvalue weighted by atomic mass is 10.1. The van der Waals surface area contributed by atoms with Gasteiger partial charge >= 0.3 is 0 Å². The highest BCUT2D eigenvalue weighted by Crippen LogP contribution is 2.24. The summed E-state index contributed by atoms with van der Waals surface area (Å²) in [5, 5.41) is 7.50. The van der Waals surface area contributed by atoms with Crippen molar-refractivity contribution in [3.8, 4) is 11.5 Å². The maximum atomic E-state index is 4.67. The molecule has 0 saturated heterocycles. The number of halogens is 1. The van der Waals surface area contributed by atoms with Crippen molar-refractivity contribution in [3.05, 3.63) is 21.5 Å². The Morgan fingerprint density at radius 1 is 1.37 bits per heavy atom. The fraction of sp³-hybridized carbons (Fsp3) is 0.462. The first-order valence-electron chi connectivity index (χ1n) is 6.25. The van der Waals surface area contributed by atoms with E-state index < -0.39 is 0 Å². The van der Waals surface area contributed by atoms with Crippen LogP contribution >= 0.6 is 22.6 Å². The summed E-state index contributed by atoms with van der Waals surface area (Å²) in [6.07, 6.45) is 2.84. The zero-order valence-electron chi connectivity index (χ0n) is 11.6. The number of hydrogen-bond acceptors (Lipinski definition) is 4. The van der Waals surface area contributed by atoms with Gasteiger partial charge in [-0.2, -0.15) is 5.10 Å². The standard InChI is InChI=1S/C13H18IN5/c1-8(2)7-10-11(14)13(15-3)17-12(16-10)9-5-6-19(4)18-9/h5-6,8H,7H2,1-4H3,(H,15,16,17). The van der Waals surface area contributed by atoms with Crippen LogP contribution in [0.3, 0.4) is 0 Å². The number of nitrogens with one attached hydrogen (secondary N) is 1. The number of aromatic nitrogens is 4. The largest absolute Gasteiger partial charge is 0.372 e. The molecule has 19 heavy (non-hydrogen) atoms. The van der Waals surface area contributed by atoms with E-state index in [-0.39, 0.29) is 0 Å². The van der Waals surface area contributed by atoms with Crippen LogP contribution in [0.25, 0.3) is 11.5 Å². The topological polar surface area (TPSA) is 55.6 Å². The Bertz CT molecular complexity index is 576. The van der Waals surface area contributed by atoms with Crippen molar-refractivity contribution in [3.63, 3.8) is 0 Å². The molecule has 102 valence electrons. The fourth-order valence-corrected chi connectivity index (χ4v) is 2.56. The van der Waals surface area contributed by atoms with Crippen LogP contribution in [-0.4, -0.2) is 26.8 Å². The van der Waals surface area contributed by atoms with Gasteiger partial charge in [-0.25, -0.2) is 9.97 Å². The van der Waals surface area contributed by atoms with Gasteiger partial charge in [0, 0.05) is 20.3 Å². The molecule has 6 heteroatoms. The minimum Gasteiger partial charge on any atom is -0.372 e. The van der Waals surface area contributed by atoms with Crippen molar-refractivity contribution in [2.45, 2.75) is 20.3 Å². The van der Waals surface area contributed by atoms with Gasteiger partial charge in [-0.15, -0.1) is 0 Å². The lowest BCUT2D eigenvalue weighted by Gasteiger charge is -2.11. The zero-order chi connectivity index (χ0) is 14.0. The molecule has 0 fully saturated rings. The molecule has 0 amide bonds. The number of rotatable bonds is 4. The lowest BCUT2D eigenvalue weighted by molar-refractivity contribution is 0.632. The quantitative estimate of drug-likeness (QED) is 0.840. The normalized spacial score (nSPS) is 11.1. The van der Waals surface area contributed by atoms with E-state index in [4.69, 9.17) is 0 Å². The molecule has 0 aromatic carbocycles.